The highest BCUT2D eigenvalue weighted by Gasteiger charge is 2.02. The Kier molecular flexibility index (Phi) is 4.79. The van der Waals surface area contributed by atoms with E-state index in [-0.39, 0.29) is 12.1 Å². The van der Waals surface area contributed by atoms with Gasteiger partial charge < -0.3 is 16.0 Å². The van der Waals surface area contributed by atoms with Crippen LogP contribution < -0.4 is 16.0 Å². The highest BCUT2D eigenvalue weighted by molar-refractivity contribution is 5.89. The molecule has 0 spiro atoms. The Morgan fingerprint density at radius 3 is 2.38 bits per heavy atom. The van der Waals surface area contributed by atoms with Crippen molar-refractivity contribution in [2.75, 3.05) is 12.4 Å². The minimum Gasteiger partial charge on any atom is -0.336 e. The van der Waals surface area contributed by atoms with E-state index < -0.39 is 0 Å². The fraction of sp³-hybridized carbons (Fsp3) is 0.417. The van der Waals surface area contributed by atoms with E-state index in [4.69, 9.17) is 0 Å². The van der Waals surface area contributed by atoms with Gasteiger partial charge in [-0.05, 0) is 38.6 Å². The van der Waals surface area contributed by atoms with Crippen LogP contribution in [0, 0.1) is 0 Å². The van der Waals surface area contributed by atoms with Gasteiger partial charge in [-0.2, -0.15) is 0 Å². The zero-order chi connectivity index (χ0) is 12.0. The van der Waals surface area contributed by atoms with E-state index in [1.54, 1.807) is 0 Å². The quantitative estimate of drug-likeness (QED) is 0.727. The van der Waals surface area contributed by atoms with Crippen molar-refractivity contribution in [2.45, 2.75) is 26.4 Å². The van der Waals surface area contributed by atoms with Crippen molar-refractivity contribution < 1.29 is 4.79 Å². The zero-order valence-corrected chi connectivity index (χ0v) is 10.0. The second-order valence-corrected chi connectivity index (χ2v) is 3.98. The molecule has 1 aromatic rings. The molecule has 88 valence electrons. The summed E-state index contributed by atoms with van der Waals surface area (Å²) in [5.74, 6) is 0. The van der Waals surface area contributed by atoms with Gasteiger partial charge >= 0.3 is 6.03 Å². The Morgan fingerprint density at radius 1 is 1.25 bits per heavy atom. The van der Waals surface area contributed by atoms with Crippen LogP contribution in [0.15, 0.2) is 24.3 Å². The summed E-state index contributed by atoms with van der Waals surface area (Å²) in [7, 11) is 1.91. The van der Waals surface area contributed by atoms with E-state index in [1.807, 2.05) is 45.2 Å². The van der Waals surface area contributed by atoms with E-state index >= 15 is 0 Å². The Hall–Kier alpha value is -1.55. The third kappa shape index (κ3) is 4.31. The molecule has 0 fully saturated rings. The van der Waals surface area contributed by atoms with Crippen molar-refractivity contribution in [3.63, 3.8) is 0 Å². The van der Waals surface area contributed by atoms with Crippen LogP contribution in [0.3, 0.4) is 0 Å². The normalized spacial score (nSPS) is 10.2. The first-order chi connectivity index (χ1) is 7.61. The maximum absolute atomic E-state index is 11.4. The lowest BCUT2D eigenvalue weighted by atomic mass is 10.2. The monoisotopic (exact) mass is 221 g/mol. The minimum absolute atomic E-state index is 0.142. The molecule has 3 N–H and O–H groups in total. The van der Waals surface area contributed by atoms with E-state index in [9.17, 15) is 4.79 Å². The molecular formula is C12H19N3O. The molecule has 4 heteroatoms. The van der Waals surface area contributed by atoms with Crippen LogP contribution in [0.2, 0.25) is 0 Å². The van der Waals surface area contributed by atoms with E-state index in [2.05, 4.69) is 16.0 Å². The standard InChI is InChI=1S/C12H19N3O/c1-9(2)14-12(16)15-11-6-4-10(5-7-11)8-13-3/h4-7,9,13H,8H2,1-3H3,(H2,14,15,16). The van der Waals surface area contributed by atoms with Gasteiger partial charge in [0.15, 0.2) is 0 Å². The van der Waals surface area contributed by atoms with Gasteiger partial charge in [0.1, 0.15) is 0 Å². The lowest BCUT2D eigenvalue weighted by Crippen LogP contribution is -2.34. The zero-order valence-electron chi connectivity index (χ0n) is 10.0. The Morgan fingerprint density at radius 2 is 1.88 bits per heavy atom. The Bertz CT molecular complexity index is 333. The molecule has 4 nitrogen and oxygen atoms in total. The number of hydrogen-bond donors (Lipinski definition) is 3. The van der Waals surface area contributed by atoms with Gasteiger partial charge in [0.25, 0.3) is 0 Å². The van der Waals surface area contributed by atoms with Crippen molar-refractivity contribution in [2.24, 2.45) is 0 Å². The van der Waals surface area contributed by atoms with Gasteiger partial charge in [0.2, 0.25) is 0 Å². The van der Waals surface area contributed by atoms with Gasteiger partial charge in [-0.1, -0.05) is 12.1 Å². The third-order valence-electron chi connectivity index (χ3n) is 2.01. The number of anilines is 1. The Balaban J connectivity index is 2.51. The summed E-state index contributed by atoms with van der Waals surface area (Å²) in [6, 6.07) is 7.74. The van der Waals surface area contributed by atoms with Crippen LogP contribution in [0.25, 0.3) is 0 Å². The molecule has 0 heterocycles. The number of urea groups is 1. The molecule has 16 heavy (non-hydrogen) atoms. The summed E-state index contributed by atoms with van der Waals surface area (Å²) in [5.41, 5.74) is 2.00. The maximum atomic E-state index is 11.4. The first-order valence-corrected chi connectivity index (χ1v) is 5.43. The van der Waals surface area contributed by atoms with Crippen LogP contribution in [0.4, 0.5) is 10.5 Å². The summed E-state index contributed by atoms with van der Waals surface area (Å²) >= 11 is 0. The molecule has 0 aliphatic rings. The highest BCUT2D eigenvalue weighted by atomic mass is 16.2. The first-order valence-electron chi connectivity index (χ1n) is 5.43. The van der Waals surface area contributed by atoms with Gasteiger partial charge in [-0.15, -0.1) is 0 Å². The van der Waals surface area contributed by atoms with Crippen molar-refractivity contribution in [3.8, 4) is 0 Å². The van der Waals surface area contributed by atoms with Crippen LogP contribution in [0.1, 0.15) is 19.4 Å². The van der Waals surface area contributed by atoms with Crippen molar-refractivity contribution in [3.05, 3.63) is 29.8 Å². The number of rotatable bonds is 4. The summed E-state index contributed by atoms with van der Waals surface area (Å²) in [4.78, 5) is 11.4. The number of benzene rings is 1. The second-order valence-electron chi connectivity index (χ2n) is 3.98. The molecule has 2 amide bonds. The van der Waals surface area contributed by atoms with Gasteiger partial charge in [-0.3, -0.25) is 0 Å². The summed E-state index contributed by atoms with van der Waals surface area (Å²) < 4.78 is 0. The van der Waals surface area contributed by atoms with Gasteiger partial charge in [0.05, 0.1) is 0 Å². The van der Waals surface area contributed by atoms with Crippen molar-refractivity contribution in [1.29, 1.82) is 0 Å². The molecule has 0 saturated heterocycles. The topological polar surface area (TPSA) is 53.2 Å². The molecule has 0 bridgehead atoms. The average Bonchev–Trinajstić information content (AvgIpc) is 2.20. The third-order valence-corrected chi connectivity index (χ3v) is 2.01. The molecule has 0 atom stereocenters. The maximum Gasteiger partial charge on any atom is 0.319 e. The molecule has 0 saturated carbocycles. The average molecular weight is 221 g/mol. The summed E-state index contributed by atoms with van der Waals surface area (Å²) in [5, 5.41) is 8.61. The van der Waals surface area contributed by atoms with Crippen LogP contribution >= 0.6 is 0 Å². The van der Waals surface area contributed by atoms with Crippen LogP contribution in [-0.4, -0.2) is 19.1 Å². The number of carbonyl (C=O) groups is 1. The fourth-order valence-electron chi connectivity index (χ4n) is 1.34. The first kappa shape index (κ1) is 12.5. The van der Waals surface area contributed by atoms with Crippen LogP contribution in [-0.2, 0) is 6.54 Å². The fourth-order valence-corrected chi connectivity index (χ4v) is 1.34. The predicted octanol–water partition coefficient (Wildman–Crippen LogP) is 1.94. The number of hydrogen-bond acceptors (Lipinski definition) is 2. The number of amides is 2. The molecule has 1 aromatic carbocycles. The predicted molar refractivity (Wildman–Crippen MR) is 66.5 cm³/mol. The number of carbonyl (C=O) groups excluding carboxylic acids is 1. The molecule has 1 rings (SSSR count). The van der Waals surface area contributed by atoms with Crippen LogP contribution in [0.5, 0.6) is 0 Å². The SMILES string of the molecule is CNCc1ccc(NC(=O)NC(C)C)cc1. The molecule has 0 aliphatic carbocycles. The summed E-state index contributed by atoms with van der Waals surface area (Å²) in [6.45, 7) is 4.68. The van der Waals surface area contributed by atoms with Gasteiger partial charge in [-0.25, -0.2) is 4.79 Å². The summed E-state index contributed by atoms with van der Waals surface area (Å²) in [6.07, 6.45) is 0. The van der Waals surface area contributed by atoms with Gasteiger partial charge in [0, 0.05) is 18.3 Å². The molecule has 0 aromatic heterocycles. The number of nitrogens with one attached hydrogen (secondary N) is 3. The smallest absolute Gasteiger partial charge is 0.319 e. The van der Waals surface area contributed by atoms with E-state index in [1.165, 1.54) is 5.56 Å². The van der Waals surface area contributed by atoms with E-state index in [0.717, 1.165) is 12.2 Å². The van der Waals surface area contributed by atoms with E-state index in [0.29, 0.717) is 0 Å². The largest absolute Gasteiger partial charge is 0.336 e. The lowest BCUT2D eigenvalue weighted by Gasteiger charge is -2.10. The molecule has 0 aliphatic heterocycles. The van der Waals surface area contributed by atoms with Crippen molar-refractivity contribution in [1.82, 2.24) is 10.6 Å². The molecule has 0 unspecified atom stereocenters. The molecule has 0 radical (unpaired) electrons. The highest BCUT2D eigenvalue weighted by Crippen LogP contribution is 2.09. The Labute approximate surface area is 96.4 Å². The second kappa shape index (κ2) is 6.12. The molecular weight excluding hydrogens is 202 g/mol. The lowest BCUT2D eigenvalue weighted by molar-refractivity contribution is 0.250. The van der Waals surface area contributed by atoms with Crippen molar-refractivity contribution >= 4 is 11.7 Å². The minimum atomic E-state index is -0.170.